The van der Waals surface area contributed by atoms with Crippen molar-refractivity contribution in [2.75, 3.05) is 26.2 Å². The van der Waals surface area contributed by atoms with Gasteiger partial charge in [0, 0.05) is 4.47 Å². The third kappa shape index (κ3) is 4.34. The van der Waals surface area contributed by atoms with E-state index in [2.05, 4.69) is 26.6 Å². The van der Waals surface area contributed by atoms with Gasteiger partial charge in [0.05, 0.1) is 0 Å². The van der Waals surface area contributed by atoms with Gasteiger partial charge in [0.1, 0.15) is 5.82 Å². The van der Waals surface area contributed by atoms with E-state index in [1.165, 1.54) is 18.9 Å². The van der Waals surface area contributed by atoms with Crippen molar-refractivity contribution in [2.45, 2.75) is 19.3 Å². The van der Waals surface area contributed by atoms with E-state index in [9.17, 15) is 4.39 Å². The first-order valence-corrected chi connectivity index (χ1v) is 7.40. The van der Waals surface area contributed by atoms with Crippen LogP contribution in [0.25, 0.3) is 0 Å². The highest BCUT2D eigenvalue weighted by Gasteiger charge is 2.13. The molecule has 0 aromatic heterocycles. The Hall–Kier alpha value is -0.450. The second-order valence-electron chi connectivity index (χ2n) is 4.88. The fourth-order valence-electron chi connectivity index (χ4n) is 2.35. The number of nitrogens with one attached hydrogen (secondary N) is 2. The van der Waals surface area contributed by atoms with Crippen LogP contribution in [0, 0.1) is 11.7 Å². The van der Waals surface area contributed by atoms with Crippen molar-refractivity contribution in [3.05, 3.63) is 34.1 Å². The van der Waals surface area contributed by atoms with Crippen LogP contribution < -0.4 is 10.6 Å². The summed E-state index contributed by atoms with van der Waals surface area (Å²) in [6.45, 7) is 4.19. The summed E-state index contributed by atoms with van der Waals surface area (Å²) >= 11 is 3.37. The first kappa shape index (κ1) is 14.0. The molecular weight excluding hydrogens is 295 g/mol. The maximum absolute atomic E-state index is 13.5. The zero-order chi connectivity index (χ0) is 12.8. The molecule has 0 spiro atoms. The number of rotatable bonds is 6. The summed E-state index contributed by atoms with van der Waals surface area (Å²) in [6, 6.07) is 5.11. The Kier molecular flexibility index (Phi) is 5.60. The lowest BCUT2D eigenvalue weighted by atomic mass is 10.1. The molecule has 1 aromatic carbocycles. The summed E-state index contributed by atoms with van der Waals surface area (Å²) in [5.74, 6) is 0.708. The van der Waals surface area contributed by atoms with Crippen molar-refractivity contribution in [1.82, 2.24) is 10.6 Å². The van der Waals surface area contributed by atoms with Crippen LogP contribution in [0.3, 0.4) is 0 Å². The second-order valence-corrected chi connectivity index (χ2v) is 5.80. The average molecular weight is 315 g/mol. The quantitative estimate of drug-likeness (QED) is 0.789. The van der Waals surface area contributed by atoms with Gasteiger partial charge in [0.25, 0.3) is 0 Å². The minimum absolute atomic E-state index is 0.111. The standard InChI is InChI=1S/C14H20BrFN2/c15-13-1-2-14(16)12(9-13)5-8-17-6-3-11-4-7-18-10-11/h1-2,9,11,17-18H,3-8,10H2. The van der Waals surface area contributed by atoms with Crippen molar-refractivity contribution in [2.24, 2.45) is 5.92 Å². The van der Waals surface area contributed by atoms with Gasteiger partial charge in [-0.3, -0.25) is 0 Å². The minimum atomic E-state index is -0.111. The van der Waals surface area contributed by atoms with Crippen molar-refractivity contribution >= 4 is 15.9 Å². The monoisotopic (exact) mass is 314 g/mol. The summed E-state index contributed by atoms with van der Waals surface area (Å²) in [7, 11) is 0. The lowest BCUT2D eigenvalue weighted by molar-refractivity contribution is 0.499. The van der Waals surface area contributed by atoms with Crippen molar-refractivity contribution in [1.29, 1.82) is 0 Å². The third-order valence-corrected chi connectivity index (χ3v) is 3.96. The molecule has 1 fully saturated rings. The van der Waals surface area contributed by atoms with Gasteiger partial charge in [-0.15, -0.1) is 0 Å². The molecule has 18 heavy (non-hydrogen) atoms. The highest BCUT2D eigenvalue weighted by molar-refractivity contribution is 9.10. The molecule has 0 saturated carbocycles. The summed E-state index contributed by atoms with van der Waals surface area (Å²) in [6.07, 6.45) is 3.25. The van der Waals surface area contributed by atoms with Gasteiger partial charge in [-0.25, -0.2) is 4.39 Å². The van der Waals surface area contributed by atoms with Crippen LogP contribution in [0.15, 0.2) is 22.7 Å². The molecule has 1 aromatic rings. The zero-order valence-corrected chi connectivity index (χ0v) is 12.1. The molecule has 0 amide bonds. The topological polar surface area (TPSA) is 24.1 Å². The molecule has 1 saturated heterocycles. The van der Waals surface area contributed by atoms with E-state index in [1.54, 1.807) is 6.07 Å². The van der Waals surface area contributed by atoms with Crippen LogP contribution >= 0.6 is 15.9 Å². The number of benzene rings is 1. The van der Waals surface area contributed by atoms with E-state index in [-0.39, 0.29) is 5.82 Å². The molecule has 1 unspecified atom stereocenters. The Morgan fingerprint density at radius 3 is 3.06 bits per heavy atom. The Morgan fingerprint density at radius 1 is 1.39 bits per heavy atom. The summed E-state index contributed by atoms with van der Waals surface area (Å²) in [5.41, 5.74) is 0.777. The number of halogens is 2. The highest BCUT2D eigenvalue weighted by Crippen LogP contribution is 2.15. The number of hydrogen-bond donors (Lipinski definition) is 2. The maximum atomic E-state index is 13.5. The van der Waals surface area contributed by atoms with E-state index in [4.69, 9.17) is 0 Å². The Balaban J connectivity index is 1.64. The zero-order valence-electron chi connectivity index (χ0n) is 10.5. The maximum Gasteiger partial charge on any atom is 0.126 e. The molecule has 1 atom stereocenters. The molecule has 2 N–H and O–H groups in total. The second kappa shape index (κ2) is 7.22. The fraction of sp³-hybridized carbons (Fsp3) is 0.571. The summed E-state index contributed by atoms with van der Waals surface area (Å²) < 4.78 is 14.4. The SMILES string of the molecule is Fc1ccc(Br)cc1CCNCCC1CCNC1. The molecule has 1 heterocycles. The molecule has 1 aliphatic heterocycles. The van der Waals surface area contributed by atoms with Crippen molar-refractivity contribution < 1.29 is 4.39 Å². The van der Waals surface area contributed by atoms with E-state index in [1.807, 2.05) is 6.07 Å². The molecule has 0 aliphatic carbocycles. The lowest BCUT2D eigenvalue weighted by Crippen LogP contribution is -2.22. The molecule has 100 valence electrons. The molecule has 2 rings (SSSR count). The average Bonchev–Trinajstić information content (AvgIpc) is 2.86. The molecule has 0 radical (unpaired) electrons. The van der Waals surface area contributed by atoms with E-state index < -0.39 is 0 Å². The molecule has 4 heteroatoms. The predicted octanol–water partition coefficient (Wildman–Crippen LogP) is 2.72. The smallest absolute Gasteiger partial charge is 0.126 e. The molecule has 0 bridgehead atoms. The van der Waals surface area contributed by atoms with Gasteiger partial charge in [-0.05, 0) is 75.1 Å². The molecule has 1 aliphatic rings. The largest absolute Gasteiger partial charge is 0.316 e. The highest BCUT2D eigenvalue weighted by atomic mass is 79.9. The lowest BCUT2D eigenvalue weighted by Gasteiger charge is -2.09. The van der Waals surface area contributed by atoms with Gasteiger partial charge in [0.15, 0.2) is 0 Å². The van der Waals surface area contributed by atoms with Gasteiger partial charge in [-0.2, -0.15) is 0 Å². The third-order valence-electron chi connectivity index (χ3n) is 3.47. The van der Waals surface area contributed by atoms with Crippen LogP contribution in [0.2, 0.25) is 0 Å². The van der Waals surface area contributed by atoms with Gasteiger partial charge in [-0.1, -0.05) is 15.9 Å². The van der Waals surface area contributed by atoms with Crippen LogP contribution in [0.1, 0.15) is 18.4 Å². The predicted molar refractivity (Wildman–Crippen MR) is 76.3 cm³/mol. The fourth-order valence-corrected chi connectivity index (χ4v) is 2.76. The summed E-state index contributed by atoms with van der Waals surface area (Å²) in [4.78, 5) is 0. The molecule has 2 nitrogen and oxygen atoms in total. The van der Waals surface area contributed by atoms with Gasteiger partial charge >= 0.3 is 0 Å². The first-order chi connectivity index (χ1) is 8.75. The van der Waals surface area contributed by atoms with Crippen molar-refractivity contribution in [3.8, 4) is 0 Å². The summed E-state index contributed by atoms with van der Waals surface area (Å²) in [5, 5.41) is 6.77. The van der Waals surface area contributed by atoms with E-state index >= 15 is 0 Å². The van der Waals surface area contributed by atoms with E-state index in [0.29, 0.717) is 0 Å². The Morgan fingerprint density at radius 2 is 2.28 bits per heavy atom. The van der Waals surface area contributed by atoms with Crippen LogP contribution in [-0.4, -0.2) is 26.2 Å². The Bertz CT molecular complexity index is 378. The van der Waals surface area contributed by atoms with Crippen molar-refractivity contribution in [3.63, 3.8) is 0 Å². The molecular formula is C14H20BrFN2. The number of hydrogen-bond acceptors (Lipinski definition) is 2. The van der Waals surface area contributed by atoms with Gasteiger partial charge in [0.2, 0.25) is 0 Å². The van der Waals surface area contributed by atoms with Crippen LogP contribution in [-0.2, 0) is 6.42 Å². The normalized spacial score (nSPS) is 19.3. The first-order valence-electron chi connectivity index (χ1n) is 6.61. The Labute approximate surface area is 116 Å². The van der Waals surface area contributed by atoms with Crippen LogP contribution in [0.4, 0.5) is 4.39 Å². The minimum Gasteiger partial charge on any atom is -0.316 e. The van der Waals surface area contributed by atoms with E-state index in [0.717, 1.165) is 48.6 Å². The van der Waals surface area contributed by atoms with Crippen LogP contribution in [0.5, 0.6) is 0 Å². The van der Waals surface area contributed by atoms with Gasteiger partial charge < -0.3 is 10.6 Å².